The number of aryl methyl sites for hydroxylation is 1. The maximum atomic E-state index is 4.49. The van der Waals surface area contributed by atoms with E-state index >= 15 is 0 Å². The largest absolute Gasteiger partial charge is 0.327 e. The summed E-state index contributed by atoms with van der Waals surface area (Å²) in [5.41, 5.74) is 3.73. The van der Waals surface area contributed by atoms with Gasteiger partial charge in [-0.15, -0.1) is 0 Å². The third-order valence-corrected chi connectivity index (χ3v) is 3.45. The zero-order chi connectivity index (χ0) is 10.3. The lowest BCUT2D eigenvalue weighted by Crippen LogP contribution is -2.02. The molecule has 2 heteroatoms. The van der Waals surface area contributed by atoms with Gasteiger partial charge in [0.2, 0.25) is 0 Å². The van der Waals surface area contributed by atoms with Crippen molar-refractivity contribution in [2.45, 2.75) is 38.6 Å². The van der Waals surface area contributed by atoms with Crippen molar-refractivity contribution in [3.05, 3.63) is 30.1 Å². The van der Waals surface area contributed by atoms with Crippen LogP contribution in [0.1, 0.15) is 37.3 Å². The number of rotatable bonds is 1. The minimum atomic E-state index is 0.692. The Morgan fingerprint density at radius 3 is 2.87 bits per heavy atom. The Bertz CT molecular complexity index is 478. The van der Waals surface area contributed by atoms with E-state index in [2.05, 4.69) is 34.7 Å². The highest BCUT2D eigenvalue weighted by molar-refractivity contribution is 5.76. The van der Waals surface area contributed by atoms with Crippen LogP contribution in [0.25, 0.3) is 11.0 Å². The van der Waals surface area contributed by atoms with Crippen molar-refractivity contribution < 1.29 is 0 Å². The first-order chi connectivity index (χ1) is 7.34. The molecule has 0 N–H and O–H groups in total. The number of fused-ring (bicyclic) bond motifs is 1. The molecule has 0 unspecified atom stereocenters. The third kappa shape index (κ3) is 1.44. The molecule has 2 aromatic rings. The summed E-state index contributed by atoms with van der Waals surface area (Å²) in [4.78, 5) is 4.49. The van der Waals surface area contributed by atoms with Gasteiger partial charge in [0.1, 0.15) is 0 Å². The lowest BCUT2D eigenvalue weighted by Gasteiger charge is -2.11. The lowest BCUT2D eigenvalue weighted by molar-refractivity contribution is 0.532. The second-order valence-electron chi connectivity index (χ2n) is 4.58. The average Bonchev–Trinajstić information content (AvgIpc) is 2.82. The average molecular weight is 200 g/mol. The van der Waals surface area contributed by atoms with Crippen LogP contribution in [-0.2, 0) is 0 Å². The van der Waals surface area contributed by atoms with Crippen LogP contribution in [0.2, 0.25) is 0 Å². The van der Waals surface area contributed by atoms with E-state index in [1.165, 1.54) is 36.8 Å². The van der Waals surface area contributed by atoms with E-state index < -0.39 is 0 Å². The SMILES string of the molecule is Cc1ccc2c(c1)ncn2C1CCCC1. The molecular formula is C13H16N2. The number of nitrogens with zero attached hydrogens (tertiary/aromatic N) is 2. The summed E-state index contributed by atoms with van der Waals surface area (Å²) >= 11 is 0. The van der Waals surface area contributed by atoms with Crippen LogP contribution in [0.3, 0.4) is 0 Å². The number of aromatic nitrogens is 2. The molecular weight excluding hydrogens is 184 g/mol. The Hall–Kier alpha value is -1.31. The molecule has 1 aromatic carbocycles. The maximum absolute atomic E-state index is 4.49. The number of hydrogen-bond acceptors (Lipinski definition) is 1. The van der Waals surface area contributed by atoms with Crippen molar-refractivity contribution in [3.63, 3.8) is 0 Å². The topological polar surface area (TPSA) is 17.8 Å². The number of hydrogen-bond donors (Lipinski definition) is 0. The maximum Gasteiger partial charge on any atom is 0.0960 e. The van der Waals surface area contributed by atoms with Gasteiger partial charge in [-0.3, -0.25) is 0 Å². The van der Waals surface area contributed by atoms with Crippen molar-refractivity contribution in [2.75, 3.05) is 0 Å². The van der Waals surface area contributed by atoms with Crippen LogP contribution in [-0.4, -0.2) is 9.55 Å². The molecule has 0 radical (unpaired) electrons. The van der Waals surface area contributed by atoms with Crippen molar-refractivity contribution in [3.8, 4) is 0 Å². The van der Waals surface area contributed by atoms with E-state index in [0.29, 0.717) is 6.04 Å². The first-order valence-corrected chi connectivity index (χ1v) is 5.78. The van der Waals surface area contributed by atoms with Crippen molar-refractivity contribution in [1.82, 2.24) is 9.55 Å². The van der Waals surface area contributed by atoms with Crippen LogP contribution in [0.5, 0.6) is 0 Å². The lowest BCUT2D eigenvalue weighted by atomic mass is 10.2. The molecule has 0 spiro atoms. The van der Waals surface area contributed by atoms with Crippen LogP contribution in [0.4, 0.5) is 0 Å². The monoisotopic (exact) mass is 200 g/mol. The summed E-state index contributed by atoms with van der Waals surface area (Å²) in [6.07, 6.45) is 7.39. The minimum Gasteiger partial charge on any atom is -0.327 e. The summed E-state index contributed by atoms with van der Waals surface area (Å²) in [5, 5.41) is 0. The summed E-state index contributed by atoms with van der Waals surface area (Å²) in [6.45, 7) is 2.12. The fraction of sp³-hybridized carbons (Fsp3) is 0.462. The Labute approximate surface area is 89.9 Å². The highest BCUT2D eigenvalue weighted by Gasteiger charge is 2.18. The Kier molecular flexibility index (Phi) is 2.01. The second-order valence-corrected chi connectivity index (χ2v) is 4.58. The van der Waals surface area contributed by atoms with E-state index in [4.69, 9.17) is 0 Å². The quantitative estimate of drug-likeness (QED) is 0.689. The molecule has 1 aliphatic carbocycles. The summed E-state index contributed by atoms with van der Waals surface area (Å²) in [7, 11) is 0. The Balaban J connectivity index is 2.11. The Morgan fingerprint density at radius 1 is 1.27 bits per heavy atom. The highest BCUT2D eigenvalue weighted by Crippen LogP contribution is 2.31. The molecule has 0 atom stereocenters. The van der Waals surface area contributed by atoms with Gasteiger partial charge < -0.3 is 4.57 Å². The normalized spacial score (nSPS) is 17.7. The van der Waals surface area contributed by atoms with E-state index in [1.807, 2.05) is 6.33 Å². The first kappa shape index (κ1) is 8.96. The molecule has 1 saturated carbocycles. The molecule has 0 saturated heterocycles. The summed E-state index contributed by atoms with van der Waals surface area (Å²) in [6, 6.07) is 7.24. The first-order valence-electron chi connectivity index (χ1n) is 5.78. The molecule has 0 amide bonds. The molecule has 3 rings (SSSR count). The van der Waals surface area contributed by atoms with Crippen LogP contribution in [0, 0.1) is 6.92 Å². The Morgan fingerprint density at radius 2 is 2.07 bits per heavy atom. The summed E-state index contributed by atoms with van der Waals surface area (Å²) < 4.78 is 2.36. The van der Waals surface area contributed by atoms with Crippen molar-refractivity contribution >= 4 is 11.0 Å². The van der Waals surface area contributed by atoms with Gasteiger partial charge in [-0.1, -0.05) is 18.9 Å². The number of benzene rings is 1. The van der Waals surface area contributed by atoms with Gasteiger partial charge in [0.15, 0.2) is 0 Å². The van der Waals surface area contributed by atoms with Gasteiger partial charge >= 0.3 is 0 Å². The molecule has 1 heterocycles. The molecule has 15 heavy (non-hydrogen) atoms. The van der Waals surface area contributed by atoms with E-state index in [-0.39, 0.29) is 0 Å². The van der Waals surface area contributed by atoms with Crippen LogP contribution in [0.15, 0.2) is 24.5 Å². The van der Waals surface area contributed by atoms with Gasteiger partial charge in [-0.2, -0.15) is 0 Å². The molecule has 1 aliphatic rings. The zero-order valence-electron chi connectivity index (χ0n) is 9.11. The fourth-order valence-corrected chi connectivity index (χ4v) is 2.62. The van der Waals surface area contributed by atoms with Gasteiger partial charge in [0, 0.05) is 6.04 Å². The fourth-order valence-electron chi connectivity index (χ4n) is 2.62. The zero-order valence-corrected chi connectivity index (χ0v) is 9.11. The standard InChI is InChI=1S/C13H16N2/c1-10-6-7-13-12(8-10)14-9-15(13)11-4-2-3-5-11/h6-9,11H,2-5H2,1H3. The van der Waals surface area contributed by atoms with Gasteiger partial charge in [-0.05, 0) is 37.5 Å². The van der Waals surface area contributed by atoms with Crippen LogP contribution < -0.4 is 0 Å². The second kappa shape index (κ2) is 3.37. The third-order valence-electron chi connectivity index (χ3n) is 3.45. The molecule has 1 fully saturated rings. The van der Waals surface area contributed by atoms with E-state index in [9.17, 15) is 0 Å². The van der Waals surface area contributed by atoms with Crippen LogP contribution >= 0.6 is 0 Å². The number of imidazole rings is 1. The van der Waals surface area contributed by atoms with Gasteiger partial charge in [-0.25, -0.2) is 4.98 Å². The molecule has 2 nitrogen and oxygen atoms in total. The predicted molar refractivity (Wildman–Crippen MR) is 62.0 cm³/mol. The molecule has 1 aromatic heterocycles. The molecule has 0 aliphatic heterocycles. The summed E-state index contributed by atoms with van der Waals surface area (Å²) in [5.74, 6) is 0. The van der Waals surface area contributed by atoms with Crippen molar-refractivity contribution in [2.24, 2.45) is 0 Å². The molecule has 0 bridgehead atoms. The highest BCUT2D eigenvalue weighted by atomic mass is 15.1. The van der Waals surface area contributed by atoms with Gasteiger partial charge in [0.25, 0.3) is 0 Å². The smallest absolute Gasteiger partial charge is 0.0960 e. The predicted octanol–water partition coefficient (Wildman–Crippen LogP) is 3.46. The minimum absolute atomic E-state index is 0.692. The van der Waals surface area contributed by atoms with E-state index in [1.54, 1.807) is 0 Å². The molecule has 78 valence electrons. The van der Waals surface area contributed by atoms with E-state index in [0.717, 1.165) is 5.52 Å². The van der Waals surface area contributed by atoms with Gasteiger partial charge in [0.05, 0.1) is 17.4 Å². The van der Waals surface area contributed by atoms with Crippen molar-refractivity contribution in [1.29, 1.82) is 0 Å².